The normalized spacial score (nSPS) is 11.7. The molecule has 3 rings (SSSR count). The minimum atomic E-state index is -0.561. The summed E-state index contributed by atoms with van der Waals surface area (Å²) >= 11 is 1.63. The van der Waals surface area contributed by atoms with Crippen LogP contribution in [0.5, 0.6) is 5.75 Å². The van der Waals surface area contributed by atoms with Crippen molar-refractivity contribution in [3.63, 3.8) is 0 Å². The van der Waals surface area contributed by atoms with Crippen molar-refractivity contribution < 1.29 is 9.53 Å². The number of nitrogens with zero attached hydrogens (tertiary/aromatic N) is 1. The summed E-state index contributed by atoms with van der Waals surface area (Å²) < 4.78 is 5.64. The molecule has 122 valence electrons. The zero-order valence-corrected chi connectivity index (χ0v) is 14.1. The Bertz CT molecular complexity index is 788. The molecule has 0 aliphatic carbocycles. The van der Waals surface area contributed by atoms with Gasteiger partial charge in [-0.15, -0.1) is 0 Å². The summed E-state index contributed by atoms with van der Waals surface area (Å²) in [4.78, 5) is 16.7. The molecule has 0 unspecified atom stereocenters. The highest BCUT2D eigenvalue weighted by molar-refractivity contribution is 7.08. The van der Waals surface area contributed by atoms with Crippen LogP contribution in [-0.4, -0.2) is 17.0 Å². The fourth-order valence-electron chi connectivity index (χ4n) is 2.32. The molecule has 1 atom stereocenters. The quantitative estimate of drug-likeness (QED) is 0.742. The molecule has 0 bridgehead atoms. The van der Waals surface area contributed by atoms with E-state index in [9.17, 15) is 4.79 Å². The van der Waals surface area contributed by atoms with E-state index in [1.54, 1.807) is 24.5 Å². The van der Waals surface area contributed by atoms with Crippen LogP contribution in [0.2, 0.25) is 0 Å². The van der Waals surface area contributed by atoms with Crippen molar-refractivity contribution in [1.29, 1.82) is 0 Å². The second kappa shape index (κ2) is 7.75. The third kappa shape index (κ3) is 4.00. The van der Waals surface area contributed by atoms with Gasteiger partial charge >= 0.3 is 0 Å². The number of carbonyl (C=O) groups is 1. The van der Waals surface area contributed by atoms with Crippen molar-refractivity contribution >= 4 is 17.2 Å². The topological polar surface area (TPSA) is 51.2 Å². The number of rotatable bonds is 6. The van der Waals surface area contributed by atoms with Gasteiger partial charge in [-0.05, 0) is 42.1 Å². The summed E-state index contributed by atoms with van der Waals surface area (Å²) in [6.07, 6.45) is 1.20. The highest BCUT2D eigenvalue weighted by Crippen LogP contribution is 2.23. The Morgan fingerprint density at radius 1 is 1.21 bits per heavy atom. The first kappa shape index (κ1) is 16.2. The van der Waals surface area contributed by atoms with Gasteiger partial charge in [0.1, 0.15) is 5.75 Å². The SMILES string of the molecule is C[C@@H](Oc1ccccc1)C(=O)NCc1cccnc1-c1ccsc1. The van der Waals surface area contributed by atoms with Gasteiger partial charge in [0, 0.05) is 23.7 Å². The molecule has 0 fully saturated rings. The average molecular weight is 338 g/mol. The highest BCUT2D eigenvalue weighted by atomic mass is 32.1. The van der Waals surface area contributed by atoms with Crippen LogP contribution in [0.1, 0.15) is 12.5 Å². The Hall–Kier alpha value is -2.66. The maximum absolute atomic E-state index is 12.3. The predicted molar refractivity (Wildman–Crippen MR) is 95.9 cm³/mol. The van der Waals surface area contributed by atoms with E-state index in [0.717, 1.165) is 16.8 Å². The maximum Gasteiger partial charge on any atom is 0.261 e. The lowest BCUT2D eigenvalue weighted by molar-refractivity contribution is -0.127. The first-order chi connectivity index (χ1) is 11.7. The molecule has 2 aromatic heterocycles. The van der Waals surface area contributed by atoms with Crippen LogP contribution in [0, 0.1) is 0 Å². The highest BCUT2D eigenvalue weighted by Gasteiger charge is 2.15. The minimum Gasteiger partial charge on any atom is -0.481 e. The third-order valence-corrected chi connectivity index (χ3v) is 4.25. The number of aromatic nitrogens is 1. The summed E-state index contributed by atoms with van der Waals surface area (Å²) in [6, 6.07) is 15.2. The molecule has 0 aliphatic rings. The average Bonchev–Trinajstić information content (AvgIpc) is 3.15. The van der Waals surface area contributed by atoms with Crippen LogP contribution in [0.25, 0.3) is 11.3 Å². The minimum absolute atomic E-state index is 0.154. The lowest BCUT2D eigenvalue weighted by atomic mass is 10.1. The second-order valence-corrected chi connectivity index (χ2v) is 6.09. The van der Waals surface area contributed by atoms with Crippen LogP contribution in [0.3, 0.4) is 0 Å². The standard InChI is InChI=1S/C19H18N2O2S/c1-14(23-17-7-3-2-4-8-17)19(22)21-12-15-6-5-10-20-18(15)16-9-11-24-13-16/h2-11,13-14H,12H2,1H3,(H,21,22)/t14-/m1/s1. The Balaban J connectivity index is 1.63. The van der Waals surface area contributed by atoms with E-state index in [1.165, 1.54) is 0 Å². The first-order valence-electron chi connectivity index (χ1n) is 7.70. The number of benzene rings is 1. The van der Waals surface area contributed by atoms with E-state index in [0.29, 0.717) is 12.3 Å². The number of carbonyl (C=O) groups excluding carboxylic acids is 1. The Labute approximate surface area is 145 Å². The Morgan fingerprint density at radius 3 is 2.79 bits per heavy atom. The molecule has 1 aromatic carbocycles. The monoisotopic (exact) mass is 338 g/mol. The molecule has 2 heterocycles. The molecule has 3 aromatic rings. The zero-order valence-electron chi connectivity index (χ0n) is 13.3. The zero-order chi connectivity index (χ0) is 16.8. The van der Waals surface area contributed by atoms with E-state index in [2.05, 4.69) is 15.7 Å². The van der Waals surface area contributed by atoms with Crippen LogP contribution in [0.15, 0.2) is 65.5 Å². The summed E-state index contributed by atoms with van der Waals surface area (Å²) in [6.45, 7) is 2.16. The van der Waals surface area contributed by atoms with Gasteiger partial charge in [-0.25, -0.2) is 0 Å². The van der Waals surface area contributed by atoms with Gasteiger partial charge in [0.2, 0.25) is 0 Å². The molecule has 1 N–H and O–H groups in total. The van der Waals surface area contributed by atoms with Crippen molar-refractivity contribution in [3.05, 3.63) is 71.1 Å². The van der Waals surface area contributed by atoms with E-state index >= 15 is 0 Å². The van der Waals surface area contributed by atoms with Crippen molar-refractivity contribution in [1.82, 2.24) is 10.3 Å². The number of pyridine rings is 1. The second-order valence-electron chi connectivity index (χ2n) is 5.31. The summed E-state index contributed by atoms with van der Waals surface area (Å²) in [5.74, 6) is 0.527. The number of amides is 1. The lowest BCUT2D eigenvalue weighted by Gasteiger charge is -2.15. The van der Waals surface area contributed by atoms with Crippen molar-refractivity contribution in [2.24, 2.45) is 0 Å². The van der Waals surface area contributed by atoms with Crippen LogP contribution < -0.4 is 10.1 Å². The number of para-hydroxylation sites is 1. The van der Waals surface area contributed by atoms with Gasteiger partial charge < -0.3 is 10.1 Å². The summed E-state index contributed by atoms with van der Waals surface area (Å²) in [7, 11) is 0. The molecular formula is C19H18N2O2S. The Kier molecular flexibility index (Phi) is 5.23. The summed E-state index contributed by atoms with van der Waals surface area (Å²) in [5.41, 5.74) is 2.95. The molecule has 0 radical (unpaired) electrons. The van der Waals surface area contributed by atoms with Crippen molar-refractivity contribution in [2.45, 2.75) is 19.6 Å². The summed E-state index contributed by atoms with van der Waals surface area (Å²) in [5, 5.41) is 6.99. The molecule has 1 amide bonds. The molecule has 24 heavy (non-hydrogen) atoms. The maximum atomic E-state index is 12.3. The number of thiophene rings is 1. The fourth-order valence-corrected chi connectivity index (χ4v) is 2.96. The number of nitrogens with one attached hydrogen (secondary N) is 1. The van der Waals surface area contributed by atoms with Crippen LogP contribution in [-0.2, 0) is 11.3 Å². The molecule has 5 heteroatoms. The third-order valence-electron chi connectivity index (χ3n) is 3.56. The Morgan fingerprint density at radius 2 is 2.04 bits per heavy atom. The lowest BCUT2D eigenvalue weighted by Crippen LogP contribution is -2.36. The number of ether oxygens (including phenoxy) is 1. The van der Waals surface area contributed by atoms with E-state index in [4.69, 9.17) is 4.74 Å². The first-order valence-corrected chi connectivity index (χ1v) is 8.64. The molecule has 0 spiro atoms. The predicted octanol–water partition coefficient (Wildman–Crippen LogP) is 3.89. The van der Waals surface area contributed by atoms with E-state index in [1.807, 2.05) is 53.9 Å². The van der Waals surface area contributed by atoms with Gasteiger partial charge in [0.05, 0.1) is 5.69 Å². The van der Waals surface area contributed by atoms with Crippen LogP contribution in [0.4, 0.5) is 0 Å². The number of hydrogen-bond acceptors (Lipinski definition) is 4. The molecular weight excluding hydrogens is 320 g/mol. The van der Waals surface area contributed by atoms with Crippen molar-refractivity contribution in [2.75, 3.05) is 0 Å². The number of hydrogen-bond donors (Lipinski definition) is 1. The van der Waals surface area contributed by atoms with Gasteiger partial charge in [-0.2, -0.15) is 11.3 Å². The molecule has 0 saturated heterocycles. The smallest absolute Gasteiger partial charge is 0.261 e. The van der Waals surface area contributed by atoms with Gasteiger partial charge in [0.15, 0.2) is 6.10 Å². The molecule has 4 nitrogen and oxygen atoms in total. The van der Waals surface area contributed by atoms with E-state index in [-0.39, 0.29) is 5.91 Å². The van der Waals surface area contributed by atoms with Crippen molar-refractivity contribution in [3.8, 4) is 17.0 Å². The van der Waals surface area contributed by atoms with Gasteiger partial charge in [-0.1, -0.05) is 24.3 Å². The van der Waals surface area contributed by atoms with Gasteiger partial charge in [-0.3, -0.25) is 9.78 Å². The molecule has 0 aliphatic heterocycles. The molecule has 0 saturated carbocycles. The van der Waals surface area contributed by atoms with Crippen LogP contribution >= 0.6 is 11.3 Å². The van der Waals surface area contributed by atoms with E-state index < -0.39 is 6.10 Å². The van der Waals surface area contributed by atoms with Gasteiger partial charge in [0.25, 0.3) is 5.91 Å². The fraction of sp³-hybridized carbons (Fsp3) is 0.158. The largest absolute Gasteiger partial charge is 0.481 e.